The molecule has 2 amide bonds. The predicted molar refractivity (Wildman–Crippen MR) is 75.9 cm³/mol. The number of likely N-dealkylation sites (tertiary alicyclic amines) is 1. The predicted octanol–water partition coefficient (Wildman–Crippen LogP) is 0.783. The summed E-state index contributed by atoms with van der Waals surface area (Å²) in [5, 5.41) is 10.2. The van der Waals surface area contributed by atoms with Gasteiger partial charge in [-0.15, -0.1) is 0 Å². The van der Waals surface area contributed by atoms with Gasteiger partial charge in [0.15, 0.2) is 5.69 Å². The van der Waals surface area contributed by atoms with E-state index in [4.69, 9.17) is 0 Å². The van der Waals surface area contributed by atoms with Crippen LogP contribution in [0.5, 0.6) is 0 Å². The number of hydrogen-bond donors (Lipinski definition) is 2. The van der Waals surface area contributed by atoms with Gasteiger partial charge in [0.2, 0.25) is 5.91 Å². The van der Waals surface area contributed by atoms with Crippen LogP contribution in [0.3, 0.4) is 0 Å². The molecule has 0 radical (unpaired) electrons. The monoisotopic (exact) mass is 288 g/mol. The lowest BCUT2D eigenvalue weighted by molar-refractivity contribution is -0.133. The molecular weight excluding hydrogens is 268 g/mol. The SMILES string of the molecule is O=C(c1n[nH]c2c1CCC2)N1CCCC12CCCNC2=O. The Hall–Kier alpha value is -1.85. The summed E-state index contributed by atoms with van der Waals surface area (Å²) in [4.78, 5) is 27.1. The Morgan fingerprint density at radius 3 is 2.90 bits per heavy atom. The van der Waals surface area contributed by atoms with Crippen LogP contribution < -0.4 is 5.32 Å². The lowest BCUT2D eigenvalue weighted by Crippen LogP contribution is -2.60. The molecule has 6 nitrogen and oxygen atoms in total. The van der Waals surface area contributed by atoms with E-state index in [0.29, 0.717) is 12.2 Å². The van der Waals surface area contributed by atoms with Gasteiger partial charge in [-0.25, -0.2) is 0 Å². The van der Waals surface area contributed by atoms with E-state index in [1.807, 2.05) is 0 Å². The minimum atomic E-state index is -0.625. The van der Waals surface area contributed by atoms with Crippen LogP contribution in [-0.2, 0) is 17.6 Å². The molecule has 4 rings (SSSR count). The molecule has 0 aromatic carbocycles. The zero-order valence-electron chi connectivity index (χ0n) is 12.1. The first-order valence-corrected chi connectivity index (χ1v) is 7.89. The van der Waals surface area contributed by atoms with E-state index < -0.39 is 5.54 Å². The number of carbonyl (C=O) groups excluding carboxylic acids is 2. The number of rotatable bonds is 1. The van der Waals surface area contributed by atoms with Crippen molar-refractivity contribution in [3.8, 4) is 0 Å². The molecule has 21 heavy (non-hydrogen) atoms. The maximum Gasteiger partial charge on any atom is 0.275 e. The topological polar surface area (TPSA) is 78.1 Å². The normalized spacial score (nSPS) is 28.0. The molecule has 1 aromatic heterocycles. The molecule has 1 unspecified atom stereocenters. The fourth-order valence-corrected chi connectivity index (χ4v) is 4.16. The van der Waals surface area contributed by atoms with E-state index in [0.717, 1.165) is 62.7 Å². The van der Waals surface area contributed by atoms with Crippen molar-refractivity contribution in [1.29, 1.82) is 0 Å². The van der Waals surface area contributed by atoms with Gasteiger partial charge < -0.3 is 10.2 Å². The highest BCUT2D eigenvalue weighted by atomic mass is 16.2. The molecule has 2 saturated heterocycles. The molecule has 1 atom stereocenters. The van der Waals surface area contributed by atoms with Crippen molar-refractivity contribution in [3.05, 3.63) is 17.0 Å². The van der Waals surface area contributed by atoms with Gasteiger partial charge in [0.25, 0.3) is 5.91 Å². The molecule has 0 saturated carbocycles. The lowest BCUT2D eigenvalue weighted by Gasteiger charge is -2.39. The highest BCUT2D eigenvalue weighted by Crippen LogP contribution is 2.37. The largest absolute Gasteiger partial charge is 0.354 e. The molecule has 0 bridgehead atoms. The first kappa shape index (κ1) is 12.9. The van der Waals surface area contributed by atoms with Gasteiger partial charge in [-0.1, -0.05) is 0 Å². The van der Waals surface area contributed by atoms with Crippen LogP contribution in [0.4, 0.5) is 0 Å². The number of aryl methyl sites for hydroxylation is 1. The van der Waals surface area contributed by atoms with Gasteiger partial charge in [0.1, 0.15) is 5.54 Å². The standard InChI is InChI=1S/C15H20N4O2/c20-13(12-10-4-1-5-11(10)17-18-12)19-9-3-7-15(19)6-2-8-16-14(15)21/h1-9H2,(H,16,21)(H,17,18). The summed E-state index contributed by atoms with van der Waals surface area (Å²) >= 11 is 0. The van der Waals surface area contributed by atoms with E-state index in [-0.39, 0.29) is 11.8 Å². The minimum Gasteiger partial charge on any atom is -0.354 e. The van der Waals surface area contributed by atoms with E-state index in [2.05, 4.69) is 15.5 Å². The average Bonchev–Trinajstić information content (AvgIpc) is 3.17. The molecule has 112 valence electrons. The Labute approximate surface area is 123 Å². The maximum absolute atomic E-state index is 13.0. The Balaban J connectivity index is 1.68. The summed E-state index contributed by atoms with van der Waals surface area (Å²) in [6.45, 7) is 1.38. The molecule has 1 spiro atoms. The lowest BCUT2D eigenvalue weighted by atomic mass is 9.86. The quantitative estimate of drug-likeness (QED) is 0.801. The number of carbonyl (C=O) groups is 2. The van der Waals surface area contributed by atoms with Gasteiger partial charge in [0.05, 0.1) is 0 Å². The second kappa shape index (κ2) is 4.58. The third kappa shape index (κ3) is 1.74. The number of fused-ring (bicyclic) bond motifs is 1. The molecule has 2 N–H and O–H groups in total. The second-order valence-corrected chi connectivity index (χ2v) is 6.33. The molecule has 1 aromatic rings. The Morgan fingerprint density at radius 2 is 2.05 bits per heavy atom. The van der Waals surface area contributed by atoms with Crippen LogP contribution in [0.25, 0.3) is 0 Å². The van der Waals surface area contributed by atoms with Gasteiger partial charge in [-0.3, -0.25) is 14.7 Å². The zero-order chi connectivity index (χ0) is 14.4. The van der Waals surface area contributed by atoms with E-state index in [1.165, 1.54) is 0 Å². The number of nitrogens with one attached hydrogen (secondary N) is 2. The van der Waals surface area contributed by atoms with Crippen LogP contribution in [0.1, 0.15) is 53.8 Å². The average molecular weight is 288 g/mol. The number of aromatic nitrogens is 2. The van der Waals surface area contributed by atoms with Gasteiger partial charge in [-0.05, 0) is 44.9 Å². The van der Waals surface area contributed by atoms with Crippen molar-refractivity contribution >= 4 is 11.8 Å². The van der Waals surface area contributed by atoms with Crippen LogP contribution in [0.15, 0.2) is 0 Å². The van der Waals surface area contributed by atoms with E-state index in [1.54, 1.807) is 4.90 Å². The molecular formula is C15H20N4O2. The van der Waals surface area contributed by atoms with Crippen LogP contribution >= 0.6 is 0 Å². The summed E-state index contributed by atoms with van der Waals surface area (Å²) in [5.41, 5.74) is 2.08. The number of nitrogens with zero attached hydrogens (tertiary/aromatic N) is 2. The third-order valence-corrected chi connectivity index (χ3v) is 5.22. The number of amides is 2. The molecule has 3 heterocycles. The summed E-state index contributed by atoms with van der Waals surface area (Å²) in [7, 11) is 0. The zero-order valence-corrected chi connectivity index (χ0v) is 12.1. The van der Waals surface area contributed by atoms with Crippen molar-refractivity contribution < 1.29 is 9.59 Å². The maximum atomic E-state index is 13.0. The van der Waals surface area contributed by atoms with E-state index >= 15 is 0 Å². The number of H-pyrrole nitrogens is 1. The minimum absolute atomic E-state index is 0.0202. The van der Waals surface area contributed by atoms with Gasteiger partial charge in [0, 0.05) is 24.3 Å². The Kier molecular flexibility index (Phi) is 2.80. The summed E-state index contributed by atoms with van der Waals surface area (Å²) in [6, 6.07) is 0. The number of hydrogen-bond acceptors (Lipinski definition) is 3. The van der Waals surface area contributed by atoms with Crippen molar-refractivity contribution in [2.24, 2.45) is 0 Å². The van der Waals surface area contributed by atoms with E-state index in [9.17, 15) is 9.59 Å². The second-order valence-electron chi connectivity index (χ2n) is 6.33. The highest BCUT2D eigenvalue weighted by Gasteiger charge is 2.51. The molecule has 6 heteroatoms. The first-order chi connectivity index (χ1) is 10.2. The van der Waals surface area contributed by atoms with Gasteiger partial charge >= 0.3 is 0 Å². The Morgan fingerprint density at radius 1 is 1.19 bits per heavy atom. The highest BCUT2D eigenvalue weighted by molar-refractivity contribution is 6.00. The summed E-state index contributed by atoms with van der Waals surface area (Å²) in [6.07, 6.45) is 6.35. The fourth-order valence-electron chi connectivity index (χ4n) is 4.16. The fraction of sp³-hybridized carbons (Fsp3) is 0.667. The molecule has 3 aliphatic rings. The smallest absolute Gasteiger partial charge is 0.275 e. The Bertz CT molecular complexity index is 609. The number of piperidine rings is 1. The number of aromatic amines is 1. The van der Waals surface area contributed by atoms with Crippen molar-refractivity contribution in [3.63, 3.8) is 0 Å². The van der Waals surface area contributed by atoms with Crippen LogP contribution in [0, 0.1) is 0 Å². The summed E-state index contributed by atoms with van der Waals surface area (Å²) < 4.78 is 0. The summed E-state index contributed by atoms with van der Waals surface area (Å²) in [5.74, 6) is -0.0456. The van der Waals surface area contributed by atoms with Crippen molar-refractivity contribution in [1.82, 2.24) is 20.4 Å². The van der Waals surface area contributed by atoms with Crippen molar-refractivity contribution in [2.45, 2.75) is 50.5 Å². The van der Waals surface area contributed by atoms with Crippen LogP contribution in [0.2, 0.25) is 0 Å². The van der Waals surface area contributed by atoms with Crippen LogP contribution in [-0.4, -0.2) is 45.5 Å². The molecule has 1 aliphatic carbocycles. The third-order valence-electron chi connectivity index (χ3n) is 5.22. The molecule has 2 fully saturated rings. The first-order valence-electron chi connectivity index (χ1n) is 7.89. The van der Waals surface area contributed by atoms with Crippen molar-refractivity contribution in [2.75, 3.05) is 13.1 Å². The molecule has 2 aliphatic heterocycles. The van der Waals surface area contributed by atoms with Gasteiger partial charge in [-0.2, -0.15) is 5.10 Å².